The van der Waals surface area contributed by atoms with Crippen LogP contribution in [-0.2, 0) is 4.79 Å². The fraction of sp³-hybridized carbons (Fsp3) is 0.571. The summed E-state index contributed by atoms with van der Waals surface area (Å²) in [4.78, 5) is 19.4. The summed E-state index contributed by atoms with van der Waals surface area (Å²) in [5.41, 5.74) is 0.999. The van der Waals surface area contributed by atoms with E-state index in [-0.39, 0.29) is 5.91 Å². The summed E-state index contributed by atoms with van der Waals surface area (Å²) < 4.78 is 0. The third-order valence-electron chi connectivity index (χ3n) is 4.80. The Morgan fingerprint density at radius 3 is 2.72 bits per heavy atom. The first kappa shape index (κ1) is 19.5. The van der Waals surface area contributed by atoms with Gasteiger partial charge in [0, 0.05) is 44.2 Å². The second kappa shape index (κ2) is 10.2. The van der Waals surface area contributed by atoms with Crippen LogP contribution in [0.1, 0.15) is 31.7 Å². The molecule has 0 aliphatic carbocycles. The lowest BCUT2D eigenvalue weighted by Crippen LogP contribution is -2.51. The maximum atomic E-state index is 12.8. The standard InChI is InChI=1S/C21H31N3O/c1-4-5-13-24(14-9-12-19-10-7-6-8-11-19)21(25)17-20-18-22(2)15-16-23(20)3/h6-8,10-11,20H,4-5,13-18H2,1-3H3. The zero-order valence-electron chi connectivity index (χ0n) is 15.9. The number of unbranched alkanes of at least 4 members (excludes halogenated alkanes) is 1. The van der Waals surface area contributed by atoms with Crippen LogP contribution in [0.3, 0.4) is 0 Å². The SMILES string of the molecule is CCCCN(CC#Cc1ccccc1)C(=O)CC1CN(C)CCN1C. The average Bonchev–Trinajstić information content (AvgIpc) is 2.62. The van der Waals surface area contributed by atoms with Crippen molar-refractivity contribution in [1.82, 2.24) is 14.7 Å². The molecular weight excluding hydrogens is 310 g/mol. The summed E-state index contributed by atoms with van der Waals surface area (Å²) in [5, 5.41) is 0. The van der Waals surface area contributed by atoms with Crippen molar-refractivity contribution in [3.63, 3.8) is 0 Å². The van der Waals surface area contributed by atoms with E-state index in [1.54, 1.807) is 0 Å². The van der Waals surface area contributed by atoms with E-state index in [0.29, 0.717) is 19.0 Å². The topological polar surface area (TPSA) is 26.8 Å². The lowest BCUT2D eigenvalue weighted by molar-refractivity contribution is -0.132. The third-order valence-corrected chi connectivity index (χ3v) is 4.80. The molecule has 0 N–H and O–H groups in total. The molecule has 1 aliphatic heterocycles. The first-order valence-corrected chi connectivity index (χ1v) is 9.30. The van der Waals surface area contributed by atoms with Gasteiger partial charge in [0.15, 0.2) is 0 Å². The summed E-state index contributed by atoms with van der Waals surface area (Å²) >= 11 is 0. The molecule has 1 aromatic carbocycles. The third kappa shape index (κ3) is 6.53. The molecule has 0 bridgehead atoms. The molecule has 1 fully saturated rings. The van der Waals surface area contributed by atoms with Crippen LogP contribution in [0.2, 0.25) is 0 Å². The first-order valence-electron chi connectivity index (χ1n) is 9.30. The molecule has 1 aliphatic rings. The zero-order valence-corrected chi connectivity index (χ0v) is 15.9. The van der Waals surface area contributed by atoms with Gasteiger partial charge in [-0.2, -0.15) is 0 Å². The number of carbonyl (C=O) groups excluding carboxylic acids is 1. The van der Waals surface area contributed by atoms with E-state index in [9.17, 15) is 4.79 Å². The van der Waals surface area contributed by atoms with Crippen molar-refractivity contribution in [3.8, 4) is 11.8 Å². The normalized spacial score (nSPS) is 18.4. The van der Waals surface area contributed by atoms with E-state index in [1.165, 1.54) is 0 Å². The molecule has 0 radical (unpaired) electrons. The Balaban J connectivity index is 1.95. The van der Waals surface area contributed by atoms with Crippen LogP contribution in [0.4, 0.5) is 0 Å². The van der Waals surface area contributed by atoms with Crippen LogP contribution in [0, 0.1) is 11.8 Å². The molecule has 1 saturated heterocycles. The quantitative estimate of drug-likeness (QED) is 0.743. The number of amides is 1. The van der Waals surface area contributed by atoms with Crippen LogP contribution in [0.5, 0.6) is 0 Å². The van der Waals surface area contributed by atoms with Gasteiger partial charge in [-0.1, -0.05) is 43.4 Å². The van der Waals surface area contributed by atoms with Crippen molar-refractivity contribution in [2.75, 3.05) is 46.8 Å². The minimum Gasteiger partial charge on any atom is -0.331 e. The van der Waals surface area contributed by atoms with Crippen LogP contribution in [0.25, 0.3) is 0 Å². The molecule has 2 rings (SSSR count). The van der Waals surface area contributed by atoms with Crippen molar-refractivity contribution >= 4 is 5.91 Å². The van der Waals surface area contributed by atoms with E-state index in [0.717, 1.165) is 44.6 Å². The Kier molecular flexibility index (Phi) is 7.97. The van der Waals surface area contributed by atoms with Crippen LogP contribution >= 0.6 is 0 Å². The molecule has 25 heavy (non-hydrogen) atoms. The summed E-state index contributed by atoms with van der Waals surface area (Å²) in [7, 11) is 4.25. The predicted octanol–water partition coefficient (Wildman–Crippen LogP) is 2.30. The monoisotopic (exact) mass is 341 g/mol. The molecule has 0 spiro atoms. The number of rotatable bonds is 6. The van der Waals surface area contributed by atoms with Crippen LogP contribution < -0.4 is 0 Å². The molecule has 1 unspecified atom stereocenters. The Hall–Kier alpha value is -1.83. The number of likely N-dealkylation sites (N-methyl/N-ethyl adjacent to an activating group) is 2. The molecule has 1 atom stereocenters. The largest absolute Gasteiger partial charge is 0.331 e. The Bertz CT molecular complexity index is 590. The van der Waals surface area contributed by atoms with E-state index in [2.05, 4.69) is 42.7 Å². The number of piperazine rings is 1. The van der Waals surface area contributed by atoms with E-state index in [1.807, 2.05) is 35.2 Å². The number of nitrogens with zero attached hydrogens (tertiary/aromatic N) is 3. The van der Waals surface area contributed by atoms with Crippen molar-refractivity contribution in [2.24, 2.45) is 0 Å². The minimum absolute atomic E-state index is 0.225. The highest BCUT2D eigenvalue weighted by Gasteiger charge is 2.26. The van der Waals surface area contributed by atoms with Crippen LogP contribution in [-0.4, -0.2) is 73.5 Å². The van der Waals surface area contributed by atoms with Gasteiger partial charge in [0.05, 0.1) is 6.54 Å². The van der Waals surface area contributed by atoms with Gasteiger partial charge in [0.2, 0.25) is 5.91 Å². The summed E-state index contributed by atoms with van der Waals surface area (Å²) in [6.07, 6.45) is 2.69. The van der Waals surface area contributed by atoms with Gasteiger partial charge >= 0.3 is 0 Å². The molecular formula is C21H31N3O. The highest BCUT2D eigenvalue weighted by molar-refractivity contribution is 5.77. The molecule has 4 nitrogen and oxygen atoms in total. The predicted molar refractivity (Wildman–Crippen MR) is 103 cm³/mol. The average molecular weight is 341 g/mol. The van der Waals surface area contributed by atoms with Gasteiger partial charge in [-0.15, -0.1) is 0 Å². The zero-order chi connectivity index (χ0) is 18.1. The lowest BCUT2D eigenvalue weighted by Gasteiger charge is -2.38. The molecule has 4 heteroatoms. The first-order chi connectivity index (χ1) is 12.1. The number of carbonyl (C=O) groups is 1. The van der Waals surface area contributed by atoms with Crippen molar-refractivity contribution in [1.29, 1.82) is 0 Å². The van der Waals surface area contributed by atoms with E-state index >= 15 is 0 Å². The maximum Gasteiger partial charge on any atom is 0.224 e. The minimum atomic E-state index is 0.225. The molecule has 0 saturated carbocycles. The molecule has 1 amide bonds. The van der Waals surface area contributed by atoms with Crippen molar-refractivity contribution < 1.29 is 4.79 Å². The number of hydrogen-bond acceptors (Lipinski definition) is 3. The fourth-order valence-corrected chi connectivity index (χ4v) is 3.05. The Labute approximate surface area is 152 Å². The second-order valence-electron chi connectivity index (χ2n) is 6.94. The van der Waals surface area contributed by atoms with Gasteiger partial charge in [-0.3, -0.25) is 4.79 Å². The van der Waals surface area contributed by atoms with E-state index in [4.69, 9.17) is 0 Å². The maximum absolute atomic E-state index is 12.8. The number of benzene rings is 1. The number of hydrogen-bond donors (Lipinski definition) is 0. The molecule has 1 heterocycles. The highest BCUT2D eigenvalue weighted by atomic mass is 16.2. The van der Waals surface area contributed by atoms with Gasteiger partial charge in [-0.05, 0) is 32.6 Å². The fourth-order valence-electron chi connectivity index (χ4n) is 3.05. The van der Waals surface area contributed by atoms with E-state index < -0.39 is 0 Å². The van der Waals surface area contributed by atoms with Gasteiger partial charge in [0.1, 0.15) is 0 Å². The lowest BCUT2D eigenvalue weighted by atomic mass is 10.1. The van der Waals surface area contributed by atoms with Gasteiger partial charge in [0.25, 0.3) is 0 Å². The van der Waals surface area contributed by atoms with Crippen LogP contribution in [0.15, 0.2) is 30.3 Å². The van der Waals surface area contributed by atoms with Gasteiger partial charge < -0.3 is 14.7 Å². The molecule has 136 valence electrons. The smallest absolute Gasteiger partial charge is 0.224 e. The summed E-state index contributed by atoms with van der Waals surface area (Å²) in [5.74, 6) is 6.57. The Morgan fingerprint density at radius 1 is 1.24 bits per heavy atom. The highest BCUT2D eigenvalue weighted by Crippen LogP contribution is 2.12. The summed E-state index contributed by atoms with van der Waals surface area (Å²) in [6.45, 7) is 6.52. The van der Waals surface area contributed by atoms with Gasteiger partial charge in [-0.25, -0.2) is 0 Å². The molecule has 0 aromatic heterocycles. The van der Waals surface area contributed by atoms with Crippen molar-refractivity contribution in [3.05, 3.63) is 35.9 Å². The summed E-state index contributed by atoms with van der Waals surface area (Å²) in [6, 6.07) is 10.3. The molecule has 1 aromatic rings. The van der Waals surface area contributed by atoms with Crippen molar-refractivity contribution in [2.45, 2.75) is 32.2 Å². The second-order valence-corrected chi connectivity index (χ2v) is 6.94. The Morgan fingerprint density at radius 2 is 2.00 bits per heavy atom.